The summed E-state index contributed by atoms with van der Waals surface area (Å²) in [7, 11) is -1.97. The molecule has 1 aliphatic heterocycles. The fourth-order valence-electron chi connectivity index (χ4n) is 4.38. The number of aryl methyl sites for hydroxylation is 1. The second-order valence-electron chi connectivity index (χ2n) is 8.90. The van der Waals surface area contributed by atoms with E-state index in [1.165, 1.54) is 18.2 Å². The number of nitriles is 1. The summed E-state index contributed by atoms with van der Waals surface area (Å²) in [6, 6.07) is 6.15. The number of piperidine rings is 1. The molecule has 2 aromatic heterocycles. The molecule has 190 valence electrons. The molecule has 36 heavy (non-hydrogen) atoms. The first kappa shape index (κ1) is 25.8. The van der Waals surface area contributed by atoms with Crippen LogP contribution >= 0.6 is 0 Å². The van der Waals surface area contributed by atoms with Crippen LogP contribution in [0.4, 0.5) is 19.0 Å². The fourth-order valence-corrected chi connectivity index (χ4v) is 6.21. The number of likely N-dealkylation sites (tertiary alicyclic amines) is 1. The van der Waals surface area contributed by atoms with E-state index >= 15 is 0 Å². The number of anilines is 1. The zero-order valence-electron chi connectivity index (χ0n) is 20.0. The Bertz CT molecular complexity index is 1450. The zero-order valence-corrected chi connectivity index (χ0v) is 20.8. The Morgan fingerprint density at radius 1 is 1.17 bits per heavy atom. The van der Waals surface area contributed by atoms with E-state index in [1.807, 2.05) is 18.0 Å². The summed E-state index contributed by atoms with van der Waals surface area (Å²) in [6.45, 7) is 4.39. The van der Waals surface area contributed by atoms with Crippen molar-refractivity contribution in [2.24, 2.45) is 0 Å². The van der Waals surface area contributed by atoms with Crippen molar-refractivity contribution in [1.82, 2.24) is 19.9 Å². The maximum Gasteiger partial charge on any atom is 0.266 e. The van der Waals surface area contributed by atoms with E-state index in [4.69, 9.17) is 0 Å². The summed E-state index contributed by atoms with van der Waals surface area (Å²) < 4.78 is 68.1. The summed E-state index contributed by atoms with van der Waals surface area (Å²) in [5, 5.41) is 12.2. The number of nitrogens with one attached hydrogen (secondary N) is 1. The molecule has 1 atom stereocenters. The fraction of sp³-hybridized carbons (Fsp3) is 0.417. The van der Waals surface area contributed by atoms with Crippen LogP contribution in [-0.2, 0) is 9.84 Å². The number of rotatable bonds is 6. The molecule has 3 heterocycles. The van der Waals surface area contributed by atoms with Gasteiger partial charge in [-0.15, -0.1) is 0 Å². The lowest BCUT2D eigenvalue weighted by atomic mass is 10.0. The Hall–Kier alpha value is -3.30. The van der Waals surface area contributed by atoms with Gasteiger partial charge in [-0.3, -0.25) is 0 Å². The summed E-state index contributed by atoms with van der Waals surface area (Å²) in [4.78, 5) is 14.6. The largest absolute Gasteiger partial charge is 0.363 e. The molecular weight excluding hydrogens is 493 g/mol. The smallest absolute Gasteiger partial charge is 0.266 e. The van der Waals surface area contributed by atoms with Gasteiger partial charge in [0.1, 0.15) is 28.4 Å². The number of halogens is 3. The minimum absolute atomic E-state index is 0.00186. The monoisotopic (exact) mass is 518 g/mol. The van der Waals surface area contributed by atoms with Crippen molar-refractivity contribution in [2.75, 3.05) is 25.5 Å². The molecule has 0 amide bonds. The highest BCUT2D eigenvalue weighted by Gasteiger charge is 2.33. The average Bonchev–Trinajstić information content (AvgIpc) is 2.83. The van der Waals surface area contributed by atoms with Gasteiger partial charge in [-0.1, -0.05) is 18.2 Å². The van der Waals surface area contributed by atoms with Crippen molar-refractivity contribution < 1.29 is 21.6 Å². The molecule has 0 saturated carbocycles. The summed E-state index contributed by atoms with van der Waals surface area (Å²) >= 11 is 0. The number of hydrogen-bond acceptors (Lipinski definition) is 8. The molecule has 1 N–H and O–H groups in total. The van der Waals surface area contributed by atoms with Crippen molar-refractivity contribution in [2.45, 2.75) is 49.3 Å². The first-order valence-electron chi connectivity index (χ1n) is 11.4. The molecule has 0 unspecified atom stereocenters. The molecule has 8 nitrogen and oxygen atoms in total. The van der Waals surface area contributed by atoms with Crippen LogP contribution < -0.4 is 5.32 Å². The van der Waals surface area contributed by atoms with Gasteiger partial charge in [-0.2, -0.15) is 5.26 Å². The van der Waals surface area contributed by atoms with Crippen LogP contribution in [0.2, 0.25) is 0 Å². The van der Waals surface area contributed by atoms with E-state index in [0.29, 0.717) is 25.9 Å². The molecule has 0 spiro atoms. The molecule has 1 aromatic carbocycles. The highest BCUT2D eigenvalue weighted by molar-refractivity contribution is 7.92. The predicted octanol–water partition coefficient (Wildman–Crippen LogP) is 4.32. The van der Waals surface area contributed by atoms with E-state index in [9.17, 15) is 26.9 Å². The van der Waals surface area contributed by atoms with Gasteiger partial charge >= 0.3 is 0 Å². The van der Waals surface area contributed by atoms with Crippen molar-refractivity contribution in [3.05, 3.63) is 52.7 Å². The summed E-state index contributed by atoms with van der Waals surface area (Å²) in [5.41, 5.74) is -0.873. The summed E-state index contributed by atoms with van der Waals surface area (Å²) in [5.74, 6) is -0.594. The van der Waals surface area contributed by atoms with Gasteiger partial charge in [-0.05, 0) is 52.9 Å². The van der Waals surface area contributed by atoms with E-state index in [1.54, 1.807) is 13.8 Å². The molecule has 12 heteroatoms. The third kappa shape index (κ3) is 4.85. The van der Waals surface area contributed by atoms with E-state index in [0.717, 1.165) is 6.07 Å². The van der Waals surface area contributed by atoms with Crippen molar-refractivity contribution in [3.8, 4) is 6.07 Å². The maximum absolute atomic E-state index is 14.7. The topological polar surface area (TPSA) is 112 Å². The second kappa shape index (κ2) is 9.99. The van der Waals surface area contributed by atoms with Crippen molar-refractivity contribution in [1.29, 1.82) is 5.26 Å². The Morgan fingerprint density at radius 2 is 1.83 bits per heavy atom. The van der Waals surface area contributed by atoms with Crippen LogP contribution in [0, 0.1) is 24.1 Å². The molecule has 4 rings (SSSR count). The number of pyridine rings is 1. The van der Waals surface area contributed by atoms with E-state index in [2.05, 4.69) is 20.3 Å². The molecule has 0 bridgehead atoms. The molecule has 3 aromatic rings. The SMILES string of the molecule is Cc1nc(N[C@H](C)c2cccc(C(F)F)c2F)c2cc(S(=O)(=O)C3CCN(C)CC3)c(C#N)nc2n1. The Kier molecular flexibility index (Phi) is 7.15. The Labute approximate surface area is 207 Å². The van der Waals surface area contributed by atoms with Gasteiger partial charge in [0.2, 0.25) is 0 Å². The van der Waals surface area contributed by atoms with Gasteiger partial charge in [0.25, 0.3) is 6.43 Å². The van der Waals surface area contributed by atoms with Gasteiger partial charge in [0.05, 0.1) is 22.2 Å². The lowest BCUT2D eigenvalue weighted by Gasteiger charge is -2.28. The first-order valence-corrected chi connectivity index (χ1v) is 12.9. The van der Waals surface area contributed by atoms with Crippen molar-refractivity contribution in [3.63, 3.8) is 0 Å². The highest BCUT2D eigenvalue weighted by atomic mass is 32.2. The molecular formula is C24H25F3N6O2S. The number of aromatic nitrogens is 3. The third-order valence-electron chi connectivity index (χ3n) is 6.39. The highest BCUT2D eigenvalue weighted by Crippen LogP contribution is 2.33. The average molecular weight is 519 g/mol. The van der Waals surface area contributed by atoms with Crippen LogP contribution in [0.3, 0.4) is 0 Å². The van der Waals surface area contributed by atoms with Crippen LogP contribution in [0.5, 0.6) is 0 Å². The quantitative estimate of drug-likeness (QED) is 0.514. The molecule has 1 fully saturated rings. The van der Waals surface area contributed by atoms with Crippen LogP contribution in [-0.4, -0.2) is 53.7 Å². The van der Waals surface area contributed by atoms with Gasteiger partial charge in [0.15, 0.2) is 21.2 Å². The van der Waals surface area contributed by atoms with Crippen LogP contribution in [0.1, 0.15) is 54.9 Å². The standard InChI is InChI=1S/C24H25F3N6O2S/c1-13(16-5-4-6-17(21(16)25)22(26)27)29-23-18-11-20(19(12-28)32-24(18)31-14(2)30-23)36(34,35)15-7-9-33(3)10-8-15/h4-6,11,13,15,22H,7-10H2,1-3H3,(H,29,30,31,32)/t13-/m1/s1. The predicted molar refractivity (Wildman–Crippen MR) is 128 cm³/mol. The molecule has 1 saturated heterocycles. The number of alkyl halides is 2. The number of hydrogen-bond donors (Lipinski definition) is 1. The summed E-state index contributed by atoms with van der Waals surface area (Å²) in [6.07, 6.45) is -2.12. The van der Waals surface area contributed by atoms with Crippen LogP contribution in [0.25, 0.3) is 11.0 Å². The molecule has 1 aliphatic rings. The van der Waals surface area contributed by atoms with E-state index < -0.39 is 38.9 Å². The number of fused-ring (bicyclic) bond motifs is 1. The Balaban J connectivity index is 1.80. The number of sulfone groups is 1. The Morgan fingerprint density at radius 3 is 2.47 bits per heavy atom. The maximum atomic E-state index is 14.7. The second-order valence-corrected chi connectivity index (χ2v) is 11.1. The minimum Gasteiger partial charge on any atom is -0.363 e. The lowest BCUT2D eigenvalue weighted by Crippen LogP contribution is -2.37. The van der Waals surface area contributed by atoms with Gasteiger partial charge in [-0.25, -0.2) is 36.5 Å². The first-order chi connectivity index (χ1) is 17.0. The molecule has 0 radical (unpaired) electrons. The van der Waals surface area contributed by atoms with Gasteiger partial charge < -0.3 is 10.2 Å². The van der Waals surface area contributed by atoms with Crippen LogP contribution in [0.15, 0.2) is 29.2 Å². The zero-order chi connectivity index (χ0) is 26.2. The van der Waals surface area contributed by atoms with Gasteiger partial charge in [0, 0.05) is 5.56 Å². The van der Waals surface area contributed by atoms with E-state index in [-0.39, 0.29) is 38.8 Å². The lowest BCUT2D eigenvalue weighted by molar-refractivity contribution is 0.146. The number of benzene rings is 1. The van der Waals surface area contributed by atoms with Crippen molar-refractivity contribution >= 4 is 26.7 Å². The third-order valence-corrected chi connectivity index (χ3v) is 8.67. The molecule has 0 aliphatic carbocycles. The minimum atomic E-state index is -3.89. The number of nitrogens with zero attached hydrogens (tertiary/aromatic N) is 5. The normalized spacial score (nSPS) is 16.3.